The van der Waals surface area contributed by atoms with Crippen molar-refractivity contribution in [1.82, 2.24) is 4.90 Å². The zero-order valence-electron chi connectivity index (χ0n) is 15.4. The average Bonchev–Trinajstić information content (AvgIpc) is 2.61. The summed E-state index contributed by atoms with van der Waals surface area (Å²) < 4.78 is 31.0. The van der Waals surface area contributed by atoms with E-state index in [1.165, 1.54) is 12.0 Å². The summed E-state index contributed by atoms with van der Waals surface area (Å²) in [4.78, 5) is 14.4. The average molecular weight is 376 g/mol. The van der Waals surface area contributed by atoms with Crippen LogP contribution in [0.4, 0.5) is 5.69 Å². The van der Waals surface area contributed by atoms with Crippen LogP contribution in [-0.2, 0) is 21.4 Å². The molecule has 0 spiro atoms. The van der Waals surface area contributed by atoms with E-state index in [9.17, 15) is 13.2 Å². The van der Waals surface area contributed by atoms with Crippen molar-refractivity contribution in [2.24, 2.45) is 0 Å². The number of likely N-dealkylation sites (N-methyl/N-ethyl adjacent to an activating group) is 1. The number of methoxy groups -OCH3 is 1. The minimum absolute atomic E-state index is 0.290. The van der Waals surface area contributed by atoms with Crippen molar-refractivity contribution in [2.75, 3.05) is 24.7 Å². The minimum atomic E-state index is -3.66. The fourth-order valence-electron chi connectivity index (χ4n) is 2.80. The number of hydrogen-bond donors (Lipinski definition) is 0. The second kappa shape index (κ2) is 8.23. The number of carbonyl (C=O) groups is 1. The van der Waals surface area contributed by atoms with Crippen LogP contribution in [0.1, 0.15) is 12.5 Å². The highest BCUT2D eigenvalue weighted by Gasteiger charge is 2.31. The van der Waals surface area contributed by atoms with Crippen LogP contribution in [0.5, 0.6) is 5.75 Å². The summed E-state index contributed by atoms with van der Waals surface area (Å²) in [5.41, 5.74) is 1.36. The smallest absolute Gasteiger partial charge is 0.246 e. The van der Waals surface area contributed by atoms with Crippen molar-refractivity contribution < 1.29 is 17.9 Å². The predicted octanol–water partition coefficient (Wildman–Crippen LogP) is 2.51. The molecule has 6 nitrogen and oxygen atoms in total. The number of nitrogens with zero attached hydrogens (tertiary/aromatic N) is 2. The van der Waals surface area contributed by atoms with Crippen LogP contribution >= 0.6 is 0 Å². The highest BCUT2D eigenvalue weighted by molar-refractivity contribution is 7.92. The summed E-state index contributed by atoms with van der Waals surface area (Å²) in [5.74, 6) is 0.232. The number of anilines is 1. The highest BCUT2D eigenvalue weighted by Crippen LogP contribution is 2.26. The summed E-state index contributed by atoms with van der Waals surface area (Å²) in [6.07, 6.45) is 1.09. The molecule has 140 valence electrons. The SMILES string of the molecule is COc1cccc(N([C@@H](C)C(=O)N(C)Cc2ccccc2)S(C)(=O)=O)c1. The van der Waals surface area contributed by atoms with E-state index in [1.54, 1.807) is 38.2 Å². The van der Waals surface area contributed by atoms with Gasteiger partial charge in [0.05, 0.1) is 19.1 Å². The molecule has 0 bridgehead atoms. The molecule has 2 rings (SSSR count). The van der Waals surface area contributed by atoms with Gasteiger partial charge in [-0.2, -0.15) is 0 Å². The molecule has 0 radical (unpaired) electrons. The van der Waals surface area contributed by atoms with Crippen molar-refractivity contribution in [2.45, 2.75) is 19.5 Å². The van der Waals surface area contributed by atoms with Gasteiger partial charge in [0.2, 0.25) is 15.9 Å². The fraction of sp³-hybridized carbons (Fsp3) is 0.316. The van der Waals surface area contributed by atoms with E-state index >= 15 is 0 Å². The molecule has 1 atom stereocenters. The maximum Gasteiger partial charge on any atom is 0.246 e. The van der Waals surface area contributed by atoms with E-state index in [-0.39, 0.29) is 5.91 Å². The summed E-state index contributed by atoms with van der Waals surface area (Å²) in [5, 5.41) is 0. The van der Waals surface area contributed by atoms with Crippen LogP contribution in [0.3, 0.4) is 0 Å². The van der Waals surface area contributed by atoms with Gasteiger partial charge >= 0.3 is 0 Å². The molecule has 0 unspecified atom stereocenters. The molecular weight excluding hydrogens is 352 g/mol. The first-order chi connectivity index (χ1) is 12.2. The summed E-state index contributed by atoms with van der Waals surface area (Å²) in [7, 11) is -0.493. The quantitative estimate of drug-likeness (QED) is 0.745. The molecule has 26 heavy (non-hydrogen) atoms. The van der Waals surface area contributed by atoms with E-state index in [0.29, 0.717) is 18.0 Å². The minimum Gasteiger partial charge on any atom is -0.497 e. The molecule has 0 aromatic heterocycles. The third-order valence-corrected chi connectivity index (χ3v) is 5.25. The Kier molecular flexibility index (Phi) is 6.26. The topological polar surface area (TPSA) is 66.9 Å². The largest absolute Gasteiger partial charge is 0.497 e. The second-order valence-electron chi connectivity index (χ2n) is 6.12. The lowest BCUT2D eigenvalue weighted by molar-refractivity contribution is -0.131. The number of ether oxygens (including phenoxy) is 1. The van der Waals surface area contributed by atoms with Crippen molar-refractivity contribution in [3.63, 3.8) is 0 Å². The standard InChI is InChI=1S/C19H24N2O4S/c1-15(19(22)20(2)14-16-9-6-5-7-10-16)21(26(4,23)24)17-11-8-12-18(13-17)25-3/h5-13,15H,14H2,1-4H3/t15-/m0/s1. The van der Waals surface area contributed by atoms with Gasteiger partial charge in [-0.15, -0.1) is 0 Å². The predicted molar refractivity (Wildman–Crippen MR) is 103 cm³/mol. The lowest BCUT2D eigenvalue weighted by Gasteiger charge is -2.31. The van der Waals surface area contributed by atoms with Crippen LogP contribution in [-0.4, -0.2) is 45.7 Å². The first kappa shape index (κ1) is 19.8. The first-order valence-corrected chi connectivity index (χ1v) is 10.0. The van der Waals surface area contributed by atoms with Crippen LogP contribution in [0, 0.1) is 0 Å². The molecule has 0 heterocycles. The zero-order chi connectivity index (χ0) is 19.3. The van der Waals surface area contributed by atoms with Crippen LogP contribution in [0.25, 0.3) is 0 Å². The maximum absolute atomic E-state index is 12.9. The van der Waals surface area contributed by atoms with Gasteiger partial charge in [0.1, 0.15) is 11.8 Å². The normalized spacial score (nSPS) is 12.3. The monoisotopic (exact) mass is 376 g/mol. The third-order valence-electron chi connectivity index (χ3n) is 4.01. The van der Waals surface area contributed by atoms with Gasteiger partial charge in [-0.1, -0.05) is 36.4 Å². The Balaban J connectivity index is 2.28. The fourth-order valence-corrected chi connectivity index (χ4v) is 3.97. The van der Waals surface area contributed by atoms with E-state index in [4.69, 9.17) is 4.74 Å². The van der Waals surface area contributed by atoms with Crippen molar-refractivity contribution in [3.8, 4) is 5.75 Å². The van der Waals surface area contributed by atoms with Crippen LogP contribution in [0.15, 0.2) is 54.6 Å². The number of benzene rings is 2. The van der Waals surface area contributed by atoms with Gasteiger partial charge in [0.25, 0.3) is 0 Å². The summed E-state index contributed by atoms with van der Waals surface area (Å²) in [6, 6.07) is 15.3. The Morgan fingerprint density at radius 3 is 2.35 bits per heavy atom. The number of rotatable bonds is 7. The molecule has 7 heteroatoms. The number of carbonyl (C=O) groups excluding carboxylic acids is 1. The molecule has 0 fully saturated rings. The summed E-state index contributed by atoms with van der Waals surface area (Å²) >= 11 is 0. The van der Waals surface area contributed by atoms with Gasteiger partial charge < -0.3 is 9.64 Å². The van der Waals surface area contributed by atoms with Gasteiger partial charge in [0, 0.05) is 19.7 Å². The Bertz CT molecular complexity index is 853. The van der Waals surface area contributed by atoms with E-state index in [2.05, 4.69) is 0 Å². The first-order valence-electron chi connectivity index (χ1n) is 8.16. The van der Waals surface area contributed by atoms with Crippen molar-refractivity contribution in [3.05, 3.63) is 60.2 Å². The molecule has 0 aliphatic carbocycles. The molecule has 1 amide bonds. The van der Waals surface area contributed by atoms with Gasteiger partial charge in [-0.3, -0.25) is 9.10 Å². The second-order valence-corrected chi connectivity index (χ2v) is 7.98. The van der Waals surface area contributed by atoms with Gasteiger partial charge in [-0.05, 0) is 24.6 Å². The van der Waals surface area contributed by atoms with Crippen molar-refractivity contribution >= 4 is 21.6 Å². The molecule has 2 aromatic carbocycles. The lowest BCUT2D eigenvalue weighted by atomic mass is 10.2. The Morgan fingerprint density at radius 2 is 1.77 bits per heavy atom. The lowest BCUT2D eigenvalue weighted by Crippen LogP contribution is -2.48. The summed E-state index contributed by atoms with van der Waals surface area (Å²) in [6.45, 7) is 1.99. The maximum atomic E-state index is 12.9. The van der Waals surface area contributed by atoms with E-state index in [1.807, 2.05) is 30.3 Å². The third kappa shape index (κ3) is 4.76. The van der Waals surface area contributed by atoms with Crippen molar-refractivity contribution in [1.29, 1.82) is 0 Å². The van der Waals surface area contributed by atoms with Crippen LogP contribution < -0.4 is 9.04 Å². The number of hydrogen-bond acceptors (Lipinski definition) is 4. The van der Waals surface area contributed by atoms with Gasteiger partial charge in [0.15, 0.2) is 0 Å². The van der Waals surface area contributed by atoms with Gasteiger partial charge in [-0.25, -0.2) is 8.42 Å². The molecule has 0 saturated heterocycles. The Labute approximate surface area is 155 Å². The van der Waals surface area contributed by atoms with E-state index in [0.717, 1.165) is 16.1 Å². The molecule has 0 aliphatic heterocycles. The van der Waals surface area contributed by atoms with Crippen LogP contribution in [0.2, 0.25) is 0 Å². The Hall–Kier alpha value is -2.54. The Morgan fingerprint density at radius 1 is 1.12 bits per heavy atom. The van der Waals surface area contributed by atoms with E-state index < -0.39 is 16.1 Å². The molecular formula is C19H24N2O4S. The number of sulfonamides is 1. The highest BCUT2D eigenvalue weighted by atomic mass is 32.2. The zero-order valence-corrected chi connectivity index (χ0v) is 16.2. The molecule has 0 N–H and O–H groups in total. The molecule has 0 aliphatic rings. The molecule has 2 aromatic rings. The number of amides is 1. The molecule has 0 saturated carbocycles.